The van der Waals surface area contributed by atoms with Crippen LogP contribution in [0.5, 0.6) is 0 Å². The van der Waals surface area contributed by atoms with E-state index in [1.54, 1.807) is 29.2 Å². The van der Waals surface area contributed by atoms with Crippen molar-refractivity contribution in [3.05, 3.63) is 65.2 Å². The van der Waals surface area contributed by atoms with Crippen molar-refractivity contribution in [2.24, 2.45) is 0 Å². The molecule has 3 rings (SSSR count). The van der Waals surface area contributed by atoms with Gasteiger partial charge in [0.25, 0.3) is 0 Å². The fourth-order valence-electron chi connectivity index (χ4n) is 2.91. The van der Waals surface area contributed by atoms with Crippen molar-refractivity contribution >= 4 is 29.2 Å². The number of rotatable bonds is 4. The summed E-state index contributed by atoms with van der Waals surface area (Å²) in [4.78, 5) is 26.6. The maximum absolute atomic E-state index is 12.5. The van der Waals surface area contributed by atoms with Crippen LogP contribution < -0.4 is 10.6 Å². The first-order chi connectivity index (χ1) is 12.1. The Balaban J connectivity index is 1.58. The van der Waals surface area contributed by atoms with Gasteiger partial charge in [0.15, 0.2) is 0 Å². The minimum Gasteiger partial charge on any atom is -0.350 e. The lowest BCUT2D eigenvalue weighted by atomic mass is 10.2. The molecular weight excluding hydrogens is 338 g/mol. The number of nitrogens with zero attached hydrogens (tertiary/aromatic N) is 1. The summed E-state index contributed by atoms with van der Waals surface area (Å²) in [6.07, 6.45) is 1.49. The minimum absolute atomic E-state index is 0.118. The molecule has 0 bridgehead atoms. The number of nitrogens with one attached hydrogen (secondary N) is 2. The minimum atomic E-state index is -0.434. The number of amides is 3. The topological polar surface area (TPSA) is 61.4 Å². The summed E-state index contributed by atoms with van der Waals surface area (Å²) in [6.45, 7) is 1.03. The number of likely N-dealkylation sites (tertiary alicyclic amines) is 1. The molecular formula is C19H20ClN3O2. The average molecular weight is 358 g/mol. The third-order valence-electron chi connectivity index (χ3n) is 4.22. The first-order valence-corrected chi connectivity index (χ1v) is 8.66. The number of hydrogen-bond donors (Lipinski definition) is 2. The van der Waals surface area contributed by atoms with Crippen LogP contribution >= 0.6 is 11.6 Å². The highest BCUT2D eigenvalue weighted by Crippen LogP contribution is 2.20. The summed E-state index contributed by atoms with van der Waals surface area (Å²) in [6, 6.07) is 15.9. The molecule has 130 valence electrons. The van der Waals surface area contributed by atoms with Gasteiger partial charge in [0.05, 0.1) is 0 Å². The number of urea groups is 1. The molecule has 6 heteroatoms. The number of halogens is 1. The largest absolute Gasteiger partial charge is 0.350 e. The Hall–Kier alpha value is -2.53. The molecule has 2 aromatic rings. The van der Waals surface area contributed by atoms with Crippen molar-refractivity contribution in [3.8, 4) is 0 Å². The molecule has 0 radical (unpaired) electrons. The lowest BCUT2D eigenvalue weighted by Crippen LogP contribution is -2.47. The van der Waals surface area contributed by atoms with Gasteiger partial charge in [-0.15, -0.1) is 0 Å². The molecule has 1 saturated heterocycles. The maximum atomic E-state index is 12.5. The molecule has 25 heavy (non-hydrogen) atoms. The second-order valence-electron chi connectivity index (χ2n) is 5.99. The molecule has 2 aromatic carbocycles. The molecule has 1 fully saturated rings. The van der Waals surface area contributed by atoms with Gasteiger partial charge in [-0.25, -0.2) is 4.79 Å². The van der Waals surface area contributed by atoms with Crippen molar-refractivity contribution in [3.63, 3.8) is 0 Å². The zero-order chi connectivity index (χ0) is 17.6. The fraction of sp³-hybridized carbons (Fsp3) is 0.263. The van der Waals surface area contributed by atoms with Crippen LogP contribution in [0.15, 0.2) is 54.6 Å². The van der Waals surface area contributed by atoms with Gasteiger partial charge in [0, 0.05) is 23.8 Å². The molecule has 0 unspecified atom stereocenters. The second kappa shape index (κ2) is 8.03. The first kappa shape index (κ1) is 17.3. The van der Waals surface area contributed by atoms with Crippen molar-refractivity contribution in [2.45, 2.75) is 25.4 Å². The van der Waals surface area contributed by atoms with E-state index in [-0.39, 0.29) is 11.9 Å². The van der Waals surface area contributed by atoms with Crippen LogP contribution in [0, 0.1) is 0 Å². The zero-order valence-corrected chi connectivity index (χ0v) is 14.5. The van der Waals surface area contributed by atoms with Crippen molar-refractivity contribution in [1.82, 2.24) is 10.2 Å². The molecule has 0 spiro atoms. The molecule has 0 saturated carbocycles. The number of anilines is 1. The lowest BCUT2D eigenvalue weighted by molar-refractivity contribution is -0.124. The van der Waals surface area contributed by atoms with E-state index in [0.717, 1.165) is 12.0 Å². The van der Waals surface area contributed by atoms with Gasteiger partial charge < -0.3 is 15.5 Å². The van der Waals surface area contributed by atoms with Crippen LogP contribution in [0.3, 0.4) is 0 Å². The van der Waals surface area contributed by atoms with Crippen molar-refractivity contribution in [2.75, 3.05) is 11.9 Å². The highest BCUT2D eigenvalue weighted by atomic mass is 35.5. The van der Waals surface area contributed by atoms with Crippen LogP contribution in [0.2, 0.25) is 5.02 Å². The Morgan fingerprint density at radius 2 is 1.80 bits per heavy atom. The molecule has 1 heterocycles. The molecule has 2 N–H and O–H groups in total. The van der Waals surface area contributed by atoms with Gasteiger partial charge in [0.2, 0.25) is 5.91 Å². The lowest BCUT2D eigenvalue weighted by Gasteiger charge is -2.24. The van der Waals surface area contributed by atoms with Crippen LogP contribution in [0.25, 0.3) is 0 Å². The van der Waals surface area contributed by atoms with E-state index in [1.807, 2.05) is 30.3 Å². The van der Waals surface area contributed by atoms with Gasteiger partial charge >= 0.3 is 6.03 Å². The van der Waals surface area contributed by atoms with Gasteiger partial charge in [-0.2, -0.15) is 0 Å². The molecule has 0 aliphatic carbocycles. The maximum Gasteiger partial charge on any atom is 0.322 e. The number of carbonyl (C=O) groups excluding carboxylic acids is 2. The van der Waals surface area contributed by atoms with Crippen LogP contribution in [-0.2, 0) is 11.3 Å². The van der Waals surface area contributed by atoms with E-state index in [0.29, 0.717) is 30.2 Å². The number of hydrogen-bond acceptors (Lipinski definition) is 2. The summed E-state index contributed by atoms with van der Waals surface area (Å²) in [5.74, 6) is -0.118. The summed E-state index contributed by atoms with van der Waals surface area (Å²) >= 11 is 5.85. The highest BCUT2D eigenvalue weighted by Gasteiger charge is 2.33. The fourth-order valence-corrected chi connectivity index (χ4v) is 3.04. The summed E-state index contributed by atoms with van der Waals surface area (Å²) in [7, 11) is 0. The van der Waals surface area contributed by atoms with E-state index >= 15 is 0 Å². The predicted molar refractivity (Wildman–Crippen MR) is 98.5 cm³/mol. The molecule has 0 aromatic heterocycles. The Labute approximate surface area is 152 Å². The Kier molecular flexibility index (Phi) is 5.56. The molecule has 5 nitrogen and oxygen atoms in total. The standard InChI is InChI=1S/C19H20ClN3O2/c20-15-8-10-16(11-9-15)22-19(25)23-12-4-7-17(23)18(24)21-13-14-5-2-1-3-6-14/h1-3,5-6,8-11,17H,4,7,12-13H2,(H,21,24)(H,22,25)/t17-/m0/s1. The smallest absolute Gasteiger partial charge is 0.322 e. The van der Waals surface area contributed by atoms with Crippen LogP contribution in [0.4, 0.5) is 10.5 Å². The summed E-state index contributed by atoms with van der Waals surface area (Å²) in [5, 5.41) is 6.35. The third-order valence-corrected chi connectivity index (χ3v) is 4.47. The predicted octanol–water partition coefficient (Wildman–Crippen LogP) is 3.65. The van der Waals surface area contributed by atoms with E-state index in [2.05, 4.69) is 10.6 Å². The van der Waals surface area contributed by atoms with E-state index in [4.69, 9.17) is 11.6 Å². The van der Waals surface area contributed by atoms with Gasteiger partial charge in [-0.05, 0) is 42.7 Å². The Morgan fingerprint density at radius 3 is 2.52 bits per heavy atom. The SMILES string of the molecule is O=C(NCc1ccccc1)[C@@H]1CCCN1C(=O)Nc1ccc(Cl)cc1. The van der Waals surface area contributed by atoms with Gasteiger partial charge in [-0.1, -0.05) is 41.9 Å². The molecule has 1 atom stereocenters. The Morgan fingerprint density at radius 1 is 1.08 bits per heavy atom. The quantitative estimate of drug-likeness (QED) is 0.877. The van der Waals surface area contributed by atoms with E-state index < -0.39 is 6.04 Å². The normalized spacial score (nSPS) is 16.5. The first-order valence-electron chi connectivity index (χ1n) is 8.28. The summed E-state index contributed by atoms with van der Waals surface area (Å²) in [5.41, 5.74) is 1.69. The average Bonchev–Trinajstić information content (AvgIpc) is 3.12. The van der Waals surface area contributed by atoms with Crippen LogP contribution in [-0.4, -0.2) is 29.4 Å². The molecule has 1 aliphatic rings. The van der Waals surface area contributed by atoms with Crippen LogP contribution in [0.1, 0.15) is 18.4 Å². The van der Waals surface area contributed by atoms with E-state index in [9.17, 15) is 9.59 Å². The second-order valence-corrected chi connectivity index (χ2v) is 6.43. The number of benzene rings is 2. The molecule has 1 aliphatic heterocycles. The van der Waals surface area contributed by atoms with E-state index in [1.165, 1.54) is 0 Å². The number of carbonyl (C=O) groups is 2. The highest BCUT2D eigenvalue weighted by molar-refractivity contribution is 6.30. The monoisotopic (exact) mass is 357 g/mol. The summed E-state index contributed by atoms with van der Waals surface area (Å²) < 4.78 is 0. The van der Waals surface area contributed by atoms with Gasteiger partial charge in [0.1, 0.15) is 6.04 Å². The third kappa shape index (κ3) is 4.51. The van der Waals surface area contributed by atoms with Crippen molar-refractivity contribution < 1.29 is 9.59 Å². The van der Waals surface area contributed by atoms with Crippen molar-refractivity contribution in [1.29, 1.82) is 0 Å². The Bertz CT molecular complexity index is 734. The van der Waals surface area contributed by atoms with Gasteiger partial charge in [-0.3, -0.25) is 4.79 Å². The molecule has 3 amide bonds. The zero-order valence-electron chi connectivity index (χ0n) is 13.7.